The van der Waals surface area contributed by atoms with Gasteiger partial charge in [-0.15, -0.1) is 0 Å². The molecule has 2 fully saturated rings. The number of hydrogen-bond acceptors (Lipinski definition) is 2. The van der Waals surface area contributed by atoms with Crippen molar-refractivity contribution in [2.45, 2.75) is 38.5 Å². The molecule has 1 aliphatic heterocycles. The summed E-state index contributed by atoms with van der Waals surface area (Å²) in [4.78, 5) is 0. The van der Waals surface area contributed by atoms with E-state index in [2.05, 4.69) is 19.2 Å². The Balaban J connectivity index is 2.01. The third-order valence-corrected chi connectivity index (χ3v) is 2.52. The van der Waals surface area contributed by atoms with E-state index in [1.165, 1.54) is 12.8 Å². The van der Waals surface area contributed by atoms with E-state index in [1.54, 1.807) is 0 Å². The molecule has 0 aromatic heterocycles. The average Bonchev–Trinajstić information content (AvgIpc) is 2.62. The lowest BCUT2D eigenvalue weighted by Gasteiger charge is -2.23. The second-order valence-electron chi connectivity index (χ2n) is 3.74. The fourth-order valence-corrected chi connectivity index (χ4v) is 1.74. The molecule has 10 heavy (non-hydrogen) atoms. The number of ether oxygens (including phenoxy) is 1. The molecule has 0 amide bonds. The average molecular weight is 141 g/mol. The molecule has 2 nitrogen and oxygen atoms in total. The molecule has 2 aliphatic rings. The summed E-state index contributed by atoms with van der Waals surface area (Å²) in [6.45, 7) is 5.23. The van der Waals surface area contributed by atoms with Gasteiger partial charge in [0.15, 0.2) is 0 Å². The van der Waals surface area contributed by atoms with Crippen LogP contribution < -0.4 is 5.32 Å². The van der Waals surface area contributed by atoms with Gasteiger partial charge in [0.1, 0.15) is 5.72 Å². The fraction of sp³-hybridized carbons (Fsp3) is 1.00. The van der Waals surface area contributed by atoms with Crippen LogP contribution in [-0.2, 0) is 4.74 Å². The van der Waals surface area contributed by atoms with E-state index in [0.717, 1.165) is 12.5 Å². The molecular weight excluding hydrogens is 126 g/mol. The first-order valence-corrected chi connectivity index (χ1v) is 4.12. The Morgan fingerprint density at radius 2 is 2.20 bits per heavy atom. The van der Waals surface area contributed by atoms with Crippen LogP contribution in [0.25, 0.3) is 0 Å². The minimum Gasteiger partial charge on any atom is -0.359 e. The molecular formula is C8H15NO. The van der Waals surface area contributed by atoms with E-state index in [9.17, 15) is 0 Å². The second-order valence-corrected chi connectivity index (χ2v) is 3.74. The van der Waals surface area contributed by atoms with Gasteiger partial charge in [0, 0.05) is 12.0 Å². The van der Waals surface area contributed by atoms with Gasteiger partial charge in [0.2, 0.25) is 0 Å². The van der Waals surface area contributed by atoms with Crippen molar-refractivity contribution in [1.29, 1.82) is 0 Å². The van der Waals surface area contributed by atoms with Crippen molar-refractivity contribution in [1.82, 2.24) is 5.32 Å². The van der Waals surface area contributed by atoms with E-state index >= 15 is 0 Å². The van der Waals surface area contributed by atoms with E-state index < -0.39 is 0 Å². The second kappa shape index (κ2) is 1.95. The lowest BCUT2D eigenvalue weighted by molar-refractivity contribution is -0.0125. The van der Waals surface area contributed by atoms with Gasteiger partial charge in [-0.2, -0.15) is 0 Å². The summed E-state index contributed by atoms with van der Waals surface area (Å²) < 4.78 is 5.67. The summed E-state index contributed by atoms with van der Waals surface area (Å²) in [6.07, 6.45) is 2.69. The molecule has 58 valence electrons. The minimum atomic E-state index is 0.0272. The van der Waals surface area contributed by atoms with Crippen molar-refractivity contribution < 1.29 is 4.74 Å². The number of hydrogen-bond donors (Lipinski definition) is 1. The maximum Gasteiger partial charge on any atom is 0.119 e. The fourth-order valence-electron chi connectivity index (χ4n) is 1.74. The molecule has 0 aromatic carbocycles. The molecule has 2 heteroatoms. The third-order valence-electron chi connectivity index (χ3n) is 2.52. The molecule has 1 saturated heterocycles. The topological polar surface area (TPSA) is 21.3 Å². The highest BCUT2D eigenvalue weighted by Crippen LogP contribution is 2.42. The Bertz CT molecular complexity index is 144. The van der Waals surface area contributed by atoms with Crippen LogP contribution >= 0.6 is 0 Å². The zero-order valence-electron chi connectivity index (χ0n) is 6.68. The largest absolute Gasteiger partial charge is 0.359 e. The van der Waals surface area contributed by atoms with Crippen LogP contribution in [0.5, 0.6) is 0 Å². The van der Waals surface area contributed by atoms with Crippen LogP contribution in [0, 0.1) is 5.92 Å². The highest BCUT2D eigenvalue weighted by Gasteiger charge is 2.46. The number of nitrogens with one attached hydrogen (secondary N) is 1. The first-order chi connectivity index (χ1) is 4.71. The Hall–Kier alpha value is -0.0800. The van der Waals surface area contributed by atoms with Crippen LogP contribution in [0.1, 0.15) is 26.7 Å². The molecule has 0 spiro atoms. The van der Waals surface area contributed by atoms with Gasteiger partial charge in [-0.25, -0.2) is 0 Å². The summed E-state index contributed by atoms with van der Waals surface area (Å²) >= 11 is 0. The van der Waals surface area contributed by atoms with Crippen molar-refractivity contribution in [2.75, 3.05) is 6.61 Å². The van der Waals surface area contributed by atoms with Gasteiger partial charge in [-0.1, -0.05) is 0 Å². The first-order valence-electron chi connectivity index (χ1n) is 4.12. The van der Waals surface area contributed by atoms with E-state index in [0.29, 0.717) is 6.04 Å². The number of rotatable bonds is 1. The van der Waals surface area contributed by atoms with Crippen molar-refractivity contribution in [2.24, 2.45) is 5.92 Å². The van der Waals surface area contributed by atoms with Gasteiger partial charge in [-0.05, 0) is 26.7 Å². The highest BCUT2D eigenvalue weighted by atomic mass is 16.5. The standard InChI is InChI=1S/C8H15NO/c1-6-5-10-8(2,9-6)7-3-4-7/h6-7,9H,3-5H2,1-2H3. The van der Waals surface area contributed by atoms with Gasteiger partial charge >= 0.3 is 0 Å². The van der Waals surface area contributed by atoms with Crippen LogP contribution in [0.3, 0.4) is 0 Å². The zero-order valence-corrected chi connectivity index (χ0v) is 6.68. The molecule has 2 atom stereocenters. The van der Waals surface area contributed by atoms with E-state index in [1.807, 2.05) is 0 Å². The summed E-state index contributed by atoms with van der Waals surface area (Å²) in [5.74, 6) is 0.789. The Morgan fingerprint density at radius 1 is 1.50 bits per heavy atom. The van der Waals surface area contributed by atoms with Crippen molar-refractivity contribution in [3.05, 3.63) is 0 Å². The summed E-state index contributed by atoms with van der Waals surface area (Å²) in [6, 6.07) is 0.547. The van der Waals surface area contributed by atoms with E-state index in [4.69, 9.17) is 4.74 Å². The normalized spacial score (nSPS) is 48.0. The third kappa shape index (κ3) is 0.956. The van der Waals surface area contributed by atoms with Crippen LogP contribution in [-0.4, -0.2) is 18.4 Å². The molecule has 1 saturated carbocycles. The highest BCUT2D eigenvalue weighted by molar-refractivity contribution is 4.95. The lowest BCUT2D eigenvalue weighted by Crippen LogP contribution is -2.42. The molecule has 1 N–H and O–H groups in total. The Labute approximate surface area is 61.9 Å². The molecule has 2 rings (SSSR count). The summed E-state index contributed by atoms with van der Waals surface area (Å²) in [7, 11) is 0. The van der Waals surface area contributed by atoms with Crippen molar-refractivity contribution in [3.63, 3.8) is 0 Å². The maximum atomic E-state index is 5.67. The van der Waals surface area contributed by atoms with Crippen LogP contribution in [0.4, 0.5) is 0 Å². The molecule has 0 aromatic rings. The smallest absolute Gasteiger partial charge is 0.119 e. The van der Waals surface area contributed by atoms with Crippen molar-refractivity contribution >= 4 is 0 Å². The summed E-state index contributed by atoms with van der Waals surface area (Å²) in [5.41, 5.74) is 0.0272. The SMILES string of the molecule is CC1COC(C)(C2CC2)N1. The van der Waals surface area contributed by atoms with Crippen LogP contribution in [0.15, 0.2) is 0 Å². The monoisotopic (exact) mass is 141 g/mol. The van der Waals surface area contributed by atoms with Crippen molar-refractivity contribution in [3.8, 4) is 0 Å². The first kappa shape index (κ1) is 6.62. The van der Waals surface area contributed by atoms with E-state index in [-0.39, 0.29) is 5.72 Å². The van der Waals surface area contributed by atoms with Gasteiger partial charge < -0.3 is 4.74 Å². The predicted molar refractivity (Wildman–Crippen MR) is 39.7 cm³/mol. The molecule has 0 radical (unpaired) electrons. The quantitative estimate of drug-likeness (QED) is 0.591. The van der Waals surface area contributed by atoms with Gasteiger partial charge in [0.05, 0.1) is 6.61 Å². The Morgan fingerprint density at radius 3 is 2.60 bits per heavy atom. The van der Waals surface area contributed by atoms with Crippen LogP contribution in [0.2, 0.25) is 0 Å². The molecule has 1 aliphatic carbocycles. The zero-order chi connectivity index (χ0) is 7.19. The minimum absolute atomic E-state index is 0.0272. The molecule has 1 heterocycles. The Kier molecular flexibility index (Phi) is 1.29. The molecule has 2 unspecified atom stereocenters. The lowest BCUT2D eigenvalue weighted by atomic mass is 10.1. The maximum absolute atomic E-state index is 5.67. The van der Waals surface area contributed by atoms with Gasteiger partial charge in [-0.3, -0.25) is 5.32 Å². The summed E-state index contributed by atoms with van der Waals surface area (Å²) in [5, 5.41) is 3.47. The van der Waals surface area contributed by atoms with Gasteiger partial charge in [0.25, 0.3) is 0 Å². The molecule has 0 bridgehead atoms. The predicted octanol–water partition coefficient (Wildman–Crippen LogP) is 1.12.